The molecule has 2 aliphatic heterocycles. The van der Waals surface area contributed by atoms with Gasteiger partial charge in [0, 0.05) is 71.5 Å². The fraction of sp³-hybridized carbons (Fsp3) is 0.294. The average Bonchev–Trinajstić information content (AvgIpc) is 3.34. The maximum absolute atomic E-state index is 13.3. The van der Waals surface area contributed by atoms with E-state index in [1.165, 1.54) is 6.07 Å². The summed E-state index contributed by atoms with van der Waals surface area (Å²) in [6.07, 6.45) is 1.22. The average molecular weight is 977 g/mol. The van der Waals surface area contributed by atoms with Crippen molar-refractivity contribution in [1.29, 1.82) is 0 Å². The first-order chi connectivity index (χ1) is 33.2. The van der Waals surface area contributed by atoms with Crippen LogP contribution in [0.3, 0.4) is 0 Å². The Morgan fingerprint density at radius 1 is 0.507 bits per heavy atom. The van der Waals surface area contributed by atoms with Crippen LogP contribution in [0.4, 0.5) is 21.0 Å². The Morgan fingerprint density at radius 3 is 1.36 bits per heavy atom. The van der Waals surface area contributed by atoms with Gasteiger partial charge in [-0.3, -0.25) is 9.59 Å². The Morgan fingerprint density at radius 2 is 0.913 bits per heavy atom. The van der Waals surface area contributed by atoms with Gasteiger partial charge in [0.25, 0.3) is 11.8 Å². The molecule has 0 atom stereocenters. The fourth-order valence-electron chi connectivity index (χ4n) is 8.40. The van der Waals surface area contributed by atoms with Gasteiger partial charge in [-0.15, -0.1) is 0 Å². The number of anilines is 2. The molecule has 6 aromatic carbocycles. The highest BCUT2D eigenvalue weighted by Crippen LogP contribution is 2.30. The van der Waals surface area contributed by atoms with Crippen molar-refractivity contribution in [2.24, 2.45) is 0 Å². The molecule has 0 aliphatic carbocycles. The van der Waals surface area contributed by atoms with Crippen molar-refractivity contribution in [3.63, 3.8) is 0 Å². The Hall–Kier alpha value is -6.86. The number of carbonyl (C=O) groups excluding carboxylic acids is 4. The summed E-state index contributed by atoms with van der Waals surface area (Å²) in [5, 5.41) is 7.82. The van der Waals surface area contributed by atoms with Gasteiger partial charge in [-0.05, 0) is 105 Å². The number of fused-ring (bicyclic) bond motifs is 2. The van der Waals surface area contributed by atoms with E-state index in [0.717, 1.165) is 5.56 Å². The van der Waals surface area contributed by atoms with Gasteiger partial charge in [-0.25, -0.2) is 35.9 Å². The zero-order chi connectivity index (χ0) is 49.1. The molecule has 0 bridgehead atoms. The van der Waals surface area contributed by atoms with Crippen molar-refractivity contribution in [3.05, 3.63) is 144 Å². The van der Waals surface area contributed by atoms with Gasteiger partial charge in [0.05, 0.1) is 23.0 Å². The number of piperidine rings is 2. The van der Waals surface area contributed by atoms with E-state index in [1.807, 2.05) is 49.4 Å². The second-order valence-corrected chi connectivity index (χ2v) is 19.9. The molecule has 2 saturated heterocycles. The molecular formula is C51H56N6O10S2. The standard InChI is InChI=1S/C26H29N3O5S.C25H27N3O5S/c1-3-34-26(31)29-16-14-19(15-17-29)28-35(32,33)24-13-7-9-20-21(24)10-6-11-22(20)25(30)27-23-12-5-4-8-18(23)2;1-2-33-25(30)28-16-14-19(15-17-28)27-34(31,32)23-13-7-10-20-21(23)11-6-12-22(20)24(29)26-18-8-4-3-5-9-18/h4-13,19,28H,3,14-17H2,1-2H3,(H,27,30);3-13,19,27H,2,14-17H2,1H3,(H,26,29). The van der Waals surface area contributed by atoms with Crippen LogP contribution in [0.1, 0.15) is 65.8 Å². The maximum Gasteiger partial charge on any atom is 0.409 e. The third kappa shape index (κ3) is 12.2. The highest BCUT2D eigenvalue weighted by Gasteiger charge is 2.30. The summed E-state index contributed by atoms with van der Waals surface area (Å²) in [7, 11) is -7.71. The Labute approximate surface area is 402 Å². The van der Waals surface area contributed by atoms with Gasteiger partial charge in [-0.1, -0.05) is 84.9 Å². The summed E-state index contributed by atoms with van der Waals surface area (Å²) >= 11 is 0. The third-order valence-corrected chi connectivity index (χ3v) is 15.1. The molecule has 4 N–H and O–H groups in total. The quantitative estimate of drug-likeness (QED) is 0.0922. The van der Waals surface area contributed by atoms with Gasteiger partial charge < -0.3 is 29.9 Å². The summed E-state index contributed by atoms with van der Waals surface area (Å²) < 4.78 is 68.8. The predicted molar refractivity (Wildman–Crippen MR) is 265 cm³/mol. The number of nitrogens with one attached hydrogen (secondary N) is 4. The van der Waals surface area contributed by atoms with E-state index in [1.54, 1.807) is 103 Å². The fourth-order valence-corrected chi connectivity index (χ4v) is 11.5. The molecule has 362 valence electrons. The number of hydrogen-bond donors (Lipinski definition) is 4. The normalized spacial score (nSPS) is 14.7. The molecule has 16 nitrogen and oxygen atoms in total. The Bertz CT molecular complexity index is 3050. The molecule has 0 unspecified atom stereocenters. The smallest absolute Gasteiger partial charge is 0.409 e. The number of nitrogens with zero attached hydrogens (tertiary/aromatic N) is 2. The summed E-state index contributed by atoms with van der Waals surface area (Å²) in [4.78, 5) is 53.2. The van der Waals surface area contributed by atoms with Crippen LogP contribution >= 0.6 is 0 Å². The maximum atomic E-state index is 13.3. The van der Waals surface area contributed by atoms with Gasteiger partial charge >= 0.3 is 12.2 Å². The number of benzene rings is 6. The van der Waals surface area contributed by atoms with Crippen LogP contribution in [0.2, 0.25) is 0 Å². The first kappa shape index (κ1) is 50.0. The first-order valence-electron chi connectivity index (χ1n) is 22.8. The van der Waals surface area contributed by atoms with Crippen molar-refractivity contribution in [1.82, 2.24) is 19.2 Å². The molecule has 6 aromatic rings. The van der Waals surface area contributed by atoms with Crippen LogP contribution in [0.15, 0.2) is 137 Å². The van der Waals surface area contributed by atoms with Crippen LogP contribution in [0, 0.1) is 6.92 Å². The second-order valence-electron chi connectivity index (χ2n) is 16.6. The van der Waals surface area contributed by atoms with Crippen LogP contribution in [0.5, 0.6) is 0 Å². The van der Waals surface area contributed by atoms with Gasteiger partial charge in [-0.2, -0.15) is 0 Å². The number of carbonyl (C=O) groups is 4. The van der Waals surface area contributed by atoms with E-state index in [2.05, 4.69) is 20.1 Å². The highest BCUT2D eigenvalue weighted by molar-refractivity contribution is 7.90. The number of sulfonamides is 2. The molecule has 69 heavy (non-hydrogen) atoms. The minimum absolute atomic E-state index is 0.118. The van der Waals surface area contributed by atoms with Crippen LogP contribution < -0.4 is 20.1 Å². The van der Waals surface area contributed by atoms with Crippen LogP contribution in [-0.2, 0) is 29.5 Å². The molecular weight excluding hydrogens is 921 g/mol. The molecule has 8 rings (SSSR count). The van der Waals surface area contributed by atoms with Gasteiger partial charge in [0.15, 0.2) is 0 Å². The Balaban J connectivity index is 0.000000204. The highest BCUT2D eigenvalue weighted by atomic mass is 32.2. The zero-order valence-corrected chi connectivity index (χ0v) is 40.3. The molecule has 0 radical (unpaired) electrons. The van der Waals surface area contributed by atoms with E-state index in [0.29, 0.717) is 109 Å². The summed E-state index contributed by atoms with van der Waals surface area (Å²) in [6, 6.07) is 36.0. The minimum Gasteiger partial charge on any atom is -0.450 e. The topological polar surface area (TPSA) is 210 Å². The number of aryl methyl sites for hydroxylation is 1. The summed E-state index contributed by atoms with van der Waals surface area (Å²) in [5.74, 6) is -0.621. The van der Waals surface area contributed by atoms with Crippen molar-refractivity contribution >= 4 is 77.0 Å². The summed E-state index contributed by atoms with van der Waals surface area (Å²) in [5.41, 5.74) is 3.08. The Kier molecular flexibility index (Phi) is 16.3. The molecule has 2 aliphatic rings. The lowest BCUT2D eigenvalue weighted by Gasteiger charge is -2.31. The summed E-state index contributed by atoms with van der Waals surface area (Å²) in [6.45, 7) is 7.70. The van der Waals surface area contributed by atoms with Crippen LogP contribution in [-0.4, -0.2) is 102 Å². The molecule has 2 fully saturated rings. The predicted octanol–water partition coefficient (Wildman–Crippen LogP) is 8.29. The number of likely N-dealkylation sites (tertiary alicyclic amines) is 2. The number of para-hydroxylation sites is 2. The van der Waals surface area contributed by atoms with Crippen molar-refractivity contribution in [2.75, 3.05) is 50.0 Å². The van der Waals surface area contributed by atoms with E-state index in [4.69, 9.17) is 9.47 Å². The van der Waals surface area contributed by atoms with E-state index >= 15 is 0 Å². The number of rotatable bonds is 12. The molecule has 0 spiro atoms. The molecule has 18 heteroatoms. The third-order valence-electron chi connectivity index (χ3n) is 11.9. The number of amides is 4. The minimum atomic E-state index is -3.86. The lowest BCUT2D eigenvalue weighted by molar-refractivity contribution is 0.0957. The van der Waals surface area contributed by atoms with Gasteiger partial charge in [0.1, 0.15) is 0 Å². The molecule has 0 saturated carbocycles. The second kappa shape index (κ2) is 22.5. The lowest BCUT2D eigenvalue weighted by atomic mass is 10.0. The van der Waals surface area contributed by atoms with E-state index in [9.17, 15) is 36.0 Å². The number of ether oxygens (including phenoxy) is 2. The number of hydrogen-bond acceptors (Lipinski definition) is 10. The monoisotopic (exact) mass is 976 g/mol. The zero-order valence-electron chi connectivity index (χ0n) is 38.6. The van der Waals surface area contributed by atoms with E-state index < -0.39 is 20.0 Å². The first-order valence-corrected chi connectivity index (χ1v) is 25.8. The van der Waals surface area contributed by atoms with Crippen molar-refractivity contribution < 1.29 is 45.5 Å². The lowest BCUT2D eigenvalue weighted by Crippen LogP contribution is -2.46. The van der Waals surface area contributed by atoms with Crippen molar-refractivity contribution in [3.8, 4) is 0 Å². The largest absolute Gasteiger partial charge is 0.450 e. The SMILES string of the molecule is CCOC(=O)N1CCC(NS(=O)(=O)c2cccc3c(C(=O)Nc4ccccc4)cccc23)CC1.CCOC(=O)N1CCC(NS(=O)(=O)c2cccc3c(C(=O)Nc4ccccc4C)cccc23)CC1. The van der Waals surface area contributed by atoms with Gasteiger partial charge in [0.2, 0.25) is 20.0 Å². The van der Waals surface area contributed by atoms with Crippen LogP contribution in [0.25, 0.3) is 21.5 Å². The molecule has 0 aromatic heterocycles. The molecule has 2 heterocycles. The van der Waals surface area contributed by atoms with E-state index in [-0.39, 0.29) is 45.9 Å². The molecule has 4 amide bonds. The van der Waals surface area contributed by atoms with Crippen molar-refractivity contribution in [2.45, 2.75) is 68.3 Å².